The Hall–Kier alpha value is -0.830. The van der Waals surface area contributed by atoms with Crippen molar-refractivity contribution in [1.82, 2.24) is 4.90 Å². The summed E-state index contributed by atoms with van der Waals surface area (Å²) in [6, 6.07) is 0.196. The van der Waals surface area contributed by atoms with E-state index < -0.39 is 0 Å². The highest BCUT2D eigenvalue weighted by Gasteiger charge is 2.27. The molecule has 1 fully saturated rings. The Labute approximate surface area is 91.3 Å². The van der Waals surface area contributed by atoms with Crippen molar-refractivity contribution in [2.75, 3.05) is 13.1 Å². The number of piperidine rings is 1. The van der Waals surface area contributed by atoms with Crippen LogP contribution >= 0.6 is 0 Å². The number of amides is 1. The molecule has 0 unspecified atom stereocenters. The highest BCUT2D eigenvalue weighted by Crippen LogP contribution is 2.22. The number of carbonyl (C=O) groups excluding carboxylic acids is 1. The van der Waals surface area contributed by atoms with Gasteiger partial charge in [-0.2, -0.15) is 0 Å². The van der Waals surface area contributed by atoms with Gasteiger partial charge in [0.2, 0.25) is 5.91 Å². The fraction of sp³-hybridized carbons (Fsp3) is 0.750. The average molecular weight is 208 g/mol. The lowest BCUT2D eigenvalue weighted by atomic mass is 9.92. The van der Waals surface area contributed by atoms with E-state index in [4.69, 9.17) is 5.73 Å². The smallest absolute Gasteiger partial charge is 0.226 e. The highest BCUT2D eigenvalue weighted by atomic mass is 16.2. The van der Waals surface area contributed by atoms with Crippen LogP contribution in [0, 0.1) is 5.92 Å². The molecule has 0 radical (unpaired) electrons. The molecule has 1 amide bonds. The van der Waals surface area contributed by atoms with Gasteiger partial charge in [0.25, 0.3) is 0 Å². The van der Waals surface area contributed by atoms with E-state index in [1.165, 1.54) is 0 Å². The summed E-state index contributed by atoms with van der Waals surface area (Å²) in [5, 5.41) is 0. The molecule has 0 aromatic heterocycles. The fourth-order valence-electron chi connectivity index (χ4n) is 2.49. The Morgan fingerprint density at radius 2 is 2.20 bits per heavy atom. The number of nitrogens with two attached hydrogens (primary N) is 1. The van der Waals surface area contributed by atoms with E-state index in [0.29, 0.717) is 5.91 Å². The van der Waals surface area contributed by atoms with Crippen molar-refractivity contribution in [3.8, 4) is 0 Å². The van der Waals surface area contributed by atoms with E-state index in [9.17, 15) is 4.79 Å². The van der Waals surface area contributed by atoms with Crippen molar-refractivity contribution in [1.29, 1.82) is 0 Å². The highest BCUT2D eigenvalue weighted by molar-refractivity contribution is 5.79. The SMILES string of the molecule is N[C@@H]1CCCN(C(=O)[C@@H]2CC=CCC2)C1. The standard InChI is InChI=1S/C12H20N2O/c13-11-7-4-8-14(9-11)12(15)10-5-2-1-3-6-10/h1-2,10-11H,3-9,13H2/t10-,11-/m1/s1. The lowest BCUT2D eigenvalue weighted by Crippen LogP contribution is -2.47. The number of allylic oxidation sites excluding steroid dienone is 2. The van der Waals surface area contributed by atoms with Crippen molar-refractivity contribution in [3.05, 3.63) is 12.2 Å². The van der Waals surface area contributed by atoms with Gasteiger partial charge in [0.05, 0.1) is 0 Å². The van der Waals surface area contributed by atoms with E-state index in [2.05, 4.69) is 12.2 Å². The summed E-state index contributed by atoms with van der Waals surface area (Å²) in [5.41, 5.74) is 5.88. The Kier molecular flexibility index (Phi) is 3.41. The van der Waals surface area contributed by atoms with Crippen LogP contribution in [0.2, 0.25) is 0 Å². The van der Waals surface area contributed by atoms with Gasteiger partial charge in [-0.3, -0.25) is 4.79 Å². The van der Waals surface area contributed by atoms with Crippen LogP contribution in [-0.4, -0.2) is 29.9 Å². The zero-order valence-corrected chi connectivity index (χ0v) is 9.19. The number of hydrogen-bond acceptors (Lipinski definition) is 2. The lowest BCUT2D eigenvalue weighted by molar-refractivity contribution is -0.137. The third kappa shape index (κ3) is 2.59. The predicted octanol–water partition coefficient (Wildman–Crippen LogP) is 1.29. The van der Waals surface area contributed by atoms with Crippen LogP contribution in [-0.2, 0) is 4.79 Å². The molecular formula is C12H20N2O. The number of likely N-dealkylation sites (tertiary alicyclic amines) is 1. The predicted molar refractivity (Wildman–Crippen MR) is 60.3 cm³/mol. The van der Waals surface area contributed by atoms with E-state index in [1.54, 1.807) is 0 Å². The fourth-order valence-corrected chi connectivity index (χ4v) is 2.49. The molecule has 0 aromatic carbocycles. The van der Waals surface area contributed by atoms with Gasteiger partial charge in [-0.25, -0.2) is 0 Å². The second-order valence-electron chi connectivity index (χ2n) is 4.67. The topological polar surface area (TPSA) is 46.3 Å². The largest absolute Gasteiger partial charge is 0.341 e. The maximum absolute atomic E-state index is 12.1. The zero-order valence-electron chi connectivity index (χ0n) is 9.19. The van der Waals surface area contributed by atoms with Crippen molar-refractivity contribution in [3.63, 3.8) is 0 Å². The van der Waals surface area contributed by atoms with Gasteiger partial charge >= 0.3 is 0 Å². The van der Waals surface area contributed by atoms with E-state index >= 15 is 0 Å². The molecule has 2 atom stereocenters. The van der Waals surface area contributed by atoms with E-state index in [0.717, 1.165) is 45.2 Å². The van der Waals surface area contributed by atoms with Gasteiger partial charge in [0.1, 0.15) is 0 Å². The monoisotopic (exact) mass is 208 g/mol. The van der Waals surface area contributed by atoms with Crippen LogP contribution in [0.4, 0.5) is 0 Å². The summed E-state index contributed by atoms with van der Waals surface area (Å²) in [6.45, 7) is 1.67. The summed E-state index contributed by atoms with van der Waals surface area (Å²) in [6.07, 6.45) is 9.42. The minimum Gasteiger partial charge on any atom is -0.341 e. The molecule has 84 valence electrons. The molecule has 3 nitrogen and oxygen atoms in total. The summed E-state index contributed by atoms with van der Waals surface area (Å²) < 4.78 is 0. The molecule has 1 heterocycles. The maximum atomic E-state index is 12.1. The lowest BCUT2D eigenvalue weighted by Gasteiger charge is -2.33. The maximum Gasteiger partial charge on any atom is 0.226 e. The molecule has 0 bridgehead atoms. The first-order valence-electron chi connectivity index (χ1n) is 5.97. The van der Waals surface area contributed by atoms with Gasteiger partial charge < -0.3 is 10.6 Å². The molecule has 15 heavy (non-hydrogen) atoms. The molecule has 1 aliphatic carbocycles. The number of nitrogens with zero attached hydrogens (tertiary/aromatic N) is 1. The van der Waals surface area contributed by atoms with Gasteiger partial charge in [-0.1, -0.05) is 12.2 Å². The van der Waals surface area contributed by atoms with Crippen LogP contribution in [0.5, 0.6) is 0 Å². The average Bonchev–Trinajstić information content (AvgIpc) is 2.29. The number of hydrogen-bond donors (Lipinski definition) is 1. The van der Waals surface area contributed by atoms with E-state index in [-0.39, 0.29) is 12.0 Å². The normalized spacial score (nSPS) is 31.7. The van der Waals surface area contributed by atoms with Crippen LogP contribution < -0.4 is 5.73 Å². The molecule has 0 spiro atoms. The van der Waals surface area contributed by atoms with Crippen LogP contribution in [0.1, 0.15) is 32.1 Å². The first-order chi connectivity index (χ1) is 7.27. The molecule has 1 aliphatic heterocycles. The summed E-state index contributed by atoms with van der Waals surface area (Å²) >= 11 is 0. The van der Waals surface area contributed by atoms with Crippen LogP contribution in [0.3, 0.4) is 0 Å². The molecule has 0 aromatic rings. The molecule has 2 rings (SSSR count). The Morgan fingerprint density at radius 1 is 1.33 bits per heavy atom. The second-order valence-corrected chi connectivity index (χ2v) is 4.67. The molecule has 0 saturated carbocycles. The molecule has 2 aliphatic rings. The molecule has 3 heteroatoms. The Bertz CT molecular complexity index is 262. The number of carbonyl (C=O) groups is 1. The summed E-state index contributed by atoms with van der Waals surface area (Å²) in [4.78, 5) is 14.1. The third-order valence-corrected chi connectivity index (χ3v) is 3.39. The van der Waals surface area contributed by atoms with Crippen LogP contribution in [0.25, 0.3) is 0 Å². The molecule has 2 N–H and O–H groups in total. The van der Waals surface area contributed by atoms with Gasteiger partial charge in [0.15, 0.2) is 0 Å². The second kappa shape index (κ2) is 4.79. The minimum atomic E-state index is 0.196. The Balaban J connectivity index is 1.91. The van der Waals surface area contributed by atoms with Crippen molar-refractivity contribution < 1.29 is 4.79 Å². The molecule has 1 saturated heterocycles. The minimum absolute atomic E-state index is 0.196. The van der Waals surface area contributed by atoms with Crippen molar-refractivity contribution in [2.24, 2.45) is 11.7 Å². The van der Waals surface area contributed by atoms with Crippen molar-refractivity contribution >= 4 is 5.91 Å². The van der Waals surface area contributed by atoms with E-state index in [1.807, 2.05) is 4.90 Å². The summed E-state index contributed by atoms with van der Waals surface area (Å²) in [7, 11) is 0. The first kappa shape index (κ1) is 10.7. The van der Waals surface area contributed by atoms with Crippen molar-refractivity contribution in [2.45, 2.75) is 38.1 Å². The number of rotatable bonds is 1. The van der Waals surface area contributed by atoms with Crippen LogP contribution in [0.15, 0.2) is 12.2 Å². The summed E-state index contributed by atoms with van der Waals surface area (Å²) in [5.74, 6) is 0.551. The van der Waals surface area contributed by atoms with Gasteiger partial charge in [-0.05, 0) is 32.1 Å². The Morgan fingerprint density at radius 3 is 2.87 bits per heavy atom. The zero-order chi connectivity index (χ0) is 10.7. The first-order valence-corrected chi connectivity index (χ1v) is 5.97. The quantitative estimate of drug-likeness (QED) is 0.660. The molecular weight excluding hydrogens is 188 g/mol. The third-order valence-electron chi connectivity index (χ3n) is 3.39. The van der Waals surface area contributed by atoms with Gasteiger partial charge in [0, 0.05) is 25.0 Å². The van der Waals surface area contributed by atoms with Gasteiger partial charge in [-0.15, -0.1) is 0 Å².